The lowest BCUT2D eigenvalue weighted by Gasteiger charge is -2.17. The molecule has 3 aromatic rings. The Morgan fingerprint density at radius 3 is 2.79 bits per heavy atom. The number of aromatic nitrogens is 3. The normalized spacial score (nSPS) is 26.6. The maximum Gasteiger partial charge on any atom is 0.161 e. The molecule has 6 nitrogen and oxygen atoms in total. The summed E-state index contributed by atoms with van der Waals surface area (Å²) < 4.78 is 20.0. The van der Waals surface area contributed by atoms with Gasteiger partial charge in [0.2, 0.25) is 0 Å². The highest BCUT2D eigenvalue weighted by Gasteiger charge is 2.44. The molecule has 0 aliphatic carbocycles. The molecule has 0 saturated carbocycles. The standard InChI is InChI=1S/C22H25N3O3/c1-14-24-19-13-23-9-7-20(19)25(14)10-8-18-11-16-12-21(28-22(16)27-18)15-3-5-17(26-2)6-4-15/h3-7,9,13,16,18,21-22H,8,10-12H2,1-2H3. The van der Waals surface area contributed by atoms with Crippen molar-refractivity contribution in [3.05, 3.63) is 54.1 Å². The first kappa shape index (κ1) is 17.6. The van der Waals surface area contributed by atoms with Crippen LogP contribution in [0.5, 0.6) is 5.75 Å². The molecule has 2 aliphatic rings. The smallest absolute Gasteiger partial charge is 0.161 e. The first-order chi connectivity index (χ1) is 13.7. The summed E-state index contributed by atoms with van der Waals surface area (Å²) in [5.41, 5.74) is 3.29. The summed E-state index contributed by atoms with van der Waals surface area (Å²) in [5, 5.41) is 0. The summed E-state index contributed by atoms with van der Waals surface area (Å²) in [6.45, 7) is 2.95. The summed E-state index contributed by atoms with van der Waals surface area (Å²) in [5.74, 6) is 2.37. The fraction of sp³-hybridized carbons (Fsp3) is 0.455. The van der Waals surface area contributed by atoms with E-state index in [-0.39, 0.29) is 18.5 Å². The van der Waals surface area contributed by atoms with Crippen molar-refractivity contribution in [3.8, 4) is 5.75 Å². The third kappa shape index (κ3) is 3.16. The van der Waals surface area contributed by atoms with Crippen molar-refractivity contribution in [1.82, 2.24) is 14.5 Å². The van der Waals surface area contributed by atoms with Gasteiger partial charge in [-0.3, -0.25) is 4.98 Å². The van der Waals surface area contributed by atoms with Crippen LogP contribution in [0.3, 0.4) is 0 Å². The molecule has 0 bridgehead atoms. The highest BCUT2D eigenvalue weighted by molar-refractivity contribution is 5.74. The SMILES string of the molecule is COc1ccc(C2CC3CC(CCn4c(C)nc5cnccc54)OC3O2)cc1. The van der Waals surface area contributed by atoms with Crippen molar-refractivity contribution in [3.63, 3.8) is 0 Å². The summed E-state index contributed by atoms with van der Waals surface area (Å²) in [7, 11) is 1.68. The average Bonchev–Trinajstić information content (AvgIpc) is 3.37. The van der Waals surface area contributed by atoms with Gasteiger partial charge in [0.15, 0.2) is 6.29 Å². The van der Waals surface area contributed by atoms with Gasteiger partial charge >= 0.3 is 0 Å². The molecule has 28 heavy (non-hydrogen) atoms. The van der Waals surface area contributed by atoms with Crippen molar-refractivity contribution >= 4 is 11.0 Å². The van der Waals surface area contributed by atoms with Crippen LogP contribution in [-0.2, 0) is 16.0 Å². The Bertz CT molecular complexity index is 955. The predicted molar refractivity (Wildman–Crippen MR) is 105 cm³/mol. The number of fused-ring (bicyclic) bond motifs is 2. The van der Waals surface area contributed by atoms with Crippen LogP contribution in [0.25, 0.3) is 11.0 Å². The van der Waals surface area contributed by atoms with E-state index in [2.05, 4.69) is 26.7 Å². The molecule has 0 N–H and O–H groups in total. The van der Waals surface area contributed by atoms with Crippen LogP contribution in [0.15, 0.2) is 42.7 Å². The van der Waals surface area contributed by atoms with E-state index in [1.165, 1.54) is 5.56 Å². The van der Waals surface area contributed by atoms with Gasteiger partial charge < -0.3 is 18.8 Å². The first-order valence-electron chi connectivity index (χ1n) is 9.93. The molecule has 5 rings (SSSR count). The largest absolute Gasteiger partial charge is 0.497 e. The summed E-state index contributed by atoms with van der Waals surface area (Å²) in [6, 6.07) is 10.2. The molecule has 146 valence electrons. The van der Waals surface area contributed by atoms with Gasteiger partial charge in [0.25, 0.3) is 0 Å². The minimum Gasteiger partial charge on any atom is -0.497 e. The molecule has 2 aromatic heterocycles. The number of methoxy groups -OCH3 is 1. The zero-order chi connectivity index (χ0) is 19.1. The molecule has 4 unspecified atom stereocenters. The lowest BCUT2D eigenvalue weighted by atomic mass is 9.96. The molecule has 6 heteroatoms. The molecular weight excluding hydrogens is 354 g/mol. The monoisotopic (exact) mass is 379 g/mol. The van der Waals surface area contributed by atoms with Gasteiger partial charge in [-0.25, -0.2) is 4.98 Å². The van der Waals surface area contributed by atoms with E-state index >= 15 is 0 Å². The summed E-state index contributed by atoms with van der Waals surface area (Å²) in [4.78, 5) is 8.76. The van der Waals surface area contributed by atoms with Gasteiger partial charge in [-0.05, 0) is 49.9 Å². The van der Waals surface area contributed by atoms with E-state index in [4.69, 9.17) is 14.2 Å². The fourth-order valence-corrected chi connectivity index (χ4v) is 4.52. The second-order valence-electron chi connectivity index (χ2n) is 7.72. The highest BCUT2D eigenvalue weighted by atomic mass is 16.7. The van der Waals surface area contributed by atoms with Gasteiger partial charge in [-0.2, -0.15) is 0 Å². The lowest BCUT2D eigenvalue weighted by molar-refractivity contribution is -0.141. The number of pyridine rings is 1. The topological polar surface area (TPSA) is 58.4 Å². The predicted octanol–water partition coefficient (Wildman–Crippen LogP) is 4.03. The zero-order valence-corrected chi connectivity index (χ0v) is 16.2. The number of benzene rings is 1. The average molecular weight is 379 g/mol. The van der Waals surface area contributed by atoms with Crippen molar-refractivity contribution < 1.29 is 14.2 Å². The van der Waals surface area contributed by atoms with E-state index in [1.54, 1.807) is 7.11 Å². The van der Waals surface area contributed by atoms with Gasteiger partial charge in [0.05, 0.1) is 31.0 Å². The van der Waals surface area contributed by atoms with Gasteiger partial charge in [-0.1, -0.05) is 12.1 Å². The maximum absolute atomic E-state index is 6.24. The van der Waals surface area contributed by atoms with Crippen LogP contribution in [0, 0.1) is 12.8 Å². The highest BCUT2D eigenvalue weighted by Crippen LogP contribution is 2.45. The first-order valence-corrected chi connectivity index (χ1v) is 9.93. The van der Waals surface area contributed by atoms with Crippen LogP contribution in [0.4, 0.5) is 0 Å². The van der Waals surface area contributed by atoms with E-state index < -0.39 is 0 Å². The minimum atomic E-state index is -0.0815. The van der Waals surface area contributed by atoms with Gasteiger partial charge in [0.1, 0.15) is 17.1 Å². The van der Waals surface area contributed by atoms with Crippen molar-refractivity contribution in [2.24, 2.45) is 5.92 Å². The Labute approximate surface area is 164 Å². The molecular formula is C22H25N3O3. The summed E-state index contributed by atoms with van der Waals surface area (Å²) >= 11 is 0. The molecule has 2 fully saturated rings. The molecule has 0 spiro atoms. The number of imidazole rings is 1. The number of aryl methyl sites for hydroxylation is 2. The van der Waals surface area contributed by atoms with Crippen LogP contribution in [-0.4, -0.2) is 34.0 Å². The number of nitrogens with zero attached hydrogens (tertiary/aromatic N) is 3. The Hall–Kier alpha value is -2.44. The number of ether oxygens (including phenoxy) is 3. The maximum atomic E-state index is 6.24. The van der Waals surface area contributed by atoms with Gasteiger partial charge in [-0.15, -0.1) is 0 Å². The van der Waals surface area contributed by atoms with Crippen LogP contribution in [0.2, 0.25) is 0 Å². The Morgan fingerprint density at radius 2 is 2.00 bits per heavy atom. The van der Waals surface area contributed by atoms with Crippen LogP contribution >= 0.6 is 0 Å². The van der Waals surface area contributed by atoms with Crippen LogP contribution < -0.4 is 4.74 Å². The lowest BCUT2D eigenvalue weighted by Crippen LogP contribution is -2.16. The van der Waals surface area contributed by atoms with Crippen molar-refractivity contribution in [2.45, 2.75) is 51.2 Å². The Kier molecular flexibility index (Phi) is 4.53. The third-order valence-electron chi connectivity index (χ3n) is 6.00. The van der Waals surface area contributed by atoms with E-state index in [0.717, 1.165) is 48.4 Å². The number of hydrogen-bond acceptors (Lipinski definition) is 5. The van der Waals surface area contributed by atoms with E-state index in [0.29, 0.717) is 5.92 Å². The molecule has 1 aromatic carbocycles. The minimum absolute atomic E-state index is 0.0815. The van der Waals surface area contributed by atoms with Crippen molar-refractivity contribution in [1.29, 1.82) is 0 Å². The molecule has 2 saturated heterocycles. The second-order valence-corrected chi connectivity index (χ2v) is 7.72. The Morgan fingerprint density at radius 1 is 1.14 bits per heavy atom. The Balaban J connectivity index is 1.19. The van der Waals surface area contributed by atoms with E-state index in [9.17, 15) is 0 Å². The van der Waals surface area contributed by atoms with Crippen LogP contribution in [0.1, 0.15) is 36.8 Å². The molecule has 4 heterocycles. The van der Waals surface area contributed by atoms with E-state index in [1.807, 2.05) is 37.5 Å². The molecule has 4 atom stereocenters. The molecule has 0 amide bonds. The summed E-state index contributed by atoms with van der Waals surface area (Å²) in [6.07, 6.45) is 6.97. The molecule has 2 aliphatic heterocycles. The molecule has 0 radical (unpaired) electrons. The van der Waals surface area contributed by atoms with Crippen molar-refractivity contribution in [2.75, 3.05) is 7.11 Å². The zero-order valence-electron chi connectivity index (χ0n) is 16.2. The third-order valence-corrected chi connectivity index (χ3v) is 6.00. The number of rotatable bonds is 5. The number of hydrogen-bond donors (Lipinski definition) is 0. The fourth-order valence-electron chi connectivity index (χ4n) is 4.52. The van der Waals surface area contributed by atoms with Gasteiger partial charge in [0, 0.05) is 18.7 Å². The quantitative estimate of drug-likeness (QED) is 0.670. The second kappa shape index (κ2) is 7.18.